The molecule has 2 atom stereocenters. The Bertz CT molecular complexity index is 659. The Kier molecular flexibility index (Phi) is 3.73. The van der Waals surface area contributed by atoms with Gasteiger partial charge < -0.3 is 4.90 Å². The van der Waals surface area contributed by atoms with Crippen molar-refractivity contribution in [3.8, 4) is 0 Å². The second kappa shape index (κ2) is 5.40. The first kappa shape index (κ1) is 14.5. The van der Waals surface area contributed by atoms with Crippen LogP contribution in [0.2, 0.25) is 0 Å². The lowest BCUT2D eigenvalue weighted by Crippen LogP contribution is -2.40. The van der Waals surface area contributed by atoms with Crippen molar-refractivity contribution in [3.63, 3.8) is 0 Å². The standard InChI is InChI=1S/C15H18FNO3S/c16-21(19,20)10-11-7-15(18)17(9-11)14-6-5-12-3-1-2-4-13(12)8-14/h1-4,11,14H,5-10H2. The molecule has 114 valence electrons. The number of rotatable bonds is 3. The lowest BCUT2D eigenvalue weighted by Gasteiger charge is -2.32. The minimum atomic E-state index is -4.51. The van der Waals surface area contributed by atoms with Crippen LogP contribution in [-0.2, 0) is 27.9 Å². The molecule has 0 N–H and O–H groups in total. The summed E-state index contributed by atoms with van der Waals surface area (Å²) in [5.41, 5.74) is 2.58. The number of aryl methyl sites for hydroxylation is 1. The lowest BCUT2D eigenvalue weighted by atomic mass is 9.87. The summed E-state index contributed by atoms with van der Waals surface area (Å²) in [6, 6.07) is 8.30. The summed E-state index contributed by atoms with van der Waals surface area (Å²) in [5.74, 6) is -1.00. The topological polar surface area (TPSA) is 54.5 Å². The van der Waals surface area contributed by atoms with Gasteiger partial charge in [0.05, 0.1) is 5.75 Å². The van der Waals surface area contributed by atoms with E-state index >= 15 is 0 Å². The predicted molar refractivity (Wildman–Crippen MR) is 77.0 cm³/mol. The Balaban J connectivity index is 1.70. The predicted octanol–water partition coefficient (Wildman–Crippen LogP) is 1.69. The Morgan fingerprint density at radius 1 is 1.19 bits per heavy atom. The molecule has 2 aliphatic rings. The van der Waals surface area contributed by atoms with E-state index < -0.39 is 21.9 Å². The molecule has 1 fully saturated rings. The summed E-state index contributed by atoms with van der Waals surface area (Å²) < 4.78 is 34.3. The Morgan fingerprint density at radius 3 is 2.62 bits per heavy atom. The molecule has 1 aromatic rings. The summed E-state index contributed by atoms with van der Waals surface area (Å²) in [6.45, 7) is 0.356. The van der Waals surface area contributed by atoms with Crippen molar-refractivity contribution in [2.24, 2.45) is 5.92 Å². The first-order chi connectivity index (χ1) is 9.92. The monoisotopic (exact) mass is 311 g/mol. The maximum absolute atomic E-state index is 12.8. The molecular formula is C15H18FNO3S. The fourth-order valence-corrected chi connectivity index (χ4v) is 4.29. The second-order valence-corrected chi connectivity index (χ2v) is 7.40. The summed E-state index contributed by atoms with van der Waals surface area (Å²) in [7, 11) is -4.51. The highest BCUT2D eigenvalue weighted by atomic mass is 32.3. The van der Waals surface area contributed by atoms with Crippen LogP contribution in [0.4, 0.5) is 3.89 Å². The van der Waals surface area contributed by atoms with Crippen LogP contribution >= 0.6 is 0 Å². The zero-order valence-electron chi connectivity index (χ0n) is 11.7. The number of nitrogens with zero attached hydrogens (tertiary/aromatic N) is 1. The van der Waals surface area contributed by atoms with Gasteiger partial charge in [-0.15, -0.1) is 3.89 Å². The van der Waals surface area contributed by atoms with Crippen molar-refractivity contribution in [2.45, 2.75) is 31.7 Å². The van der Waals surface area contributed by atoms with Gasteiger partial charge in [0.2, 0.25) is 5.91 Å². The number of benzene rings is 1. The van der Waals surface area contributed by atoms with Gasteiger partial charge in [0, 0.05) is 24.9 Å². The molecule has 0 saturated carbocycles. The third kappa shape index (κ3) is 3.26. The molecule has 1 aliphatic carbocycles. The molecular weight excluding hydrogens is 293 g/mol. The average Bonchev–Trinajstić information content (AvgIpc) is 2.76. The molecule has 1 aliphatic heterocycles. The molecule has 0 radical (unpaired) electrons. The molecule has 2 unspecified atom stereocenters. The van der Waals surface area contributed by atoms with Gasteiger partial charge in [-0.2, -0.15) is 8.42 Å². The Morgan fingerprint density at radius 2 is 1.90 bits per heavy atom. The first-order valence-electron chi connectivity index (χ1n) is 7.21. The molecule has 4 nitrogen and oxygen atoms in total. The molecule has 0 bridgehead atoms. The number of likely N-dealkylation sites (tertiary alicyclic amines) is 1. The Labute approximate surface area is 124 Å². The van der Waals surface area contributed by atoms with Crippen LogP contribution in [0, 0.1) is 5.92 Å². The molecule has 1 aromatic carbocycles. The average molecular weight is 311 g/mol. The number of halogens is 1. The number of amides is 1. The fraction of sp³-hybridized carbons (Fsp3) is 0.533. The van der Waals surface area contributed by atoms with E-state index in [9.17, 15) is 17.1 Å². The second-order valence-electron chi connectivity index (χ2n) is 5.99. The molecule has 0 spiro atoms. The van der Waals surface area contributed by atoms with Gasteiger partial charge in [0.15, 0.2) is 0 Å². The quantitative estimate of drug-likeness (QED) is 0.798. The maximum Gasteiger partial charge on any atom is 0.302 e. The SMILES string of the molecule is O=C1CC(CS(=O)(=O)F)CN1C1CCc2ccccc2C1. The third-order valence-electron chi connectivity index (χ3n) is 4.43. The van der Waals surface area contributed by atoms with Gasteiger partial charge in [0.1, 0.15) is 0 Å². The van der Waals surface area contributed by atoms with Crippen molar-refractivity contribution in [1.29, 1.82) is 0 Å². The highest BCUT2D eigenvalue weighted by Crippen LogP contribution is 2.29. The van der Waals surface area contributed by atoms with Gasteiger partial charge in [-0.05, 0) is 30.4 Å². The fourth-order valence-electron chi connectivity index (χ4n) is 3.50. The van der Waals surface area contributed by atoms with E-state index in [1.807, 2.05) is 12.1 Å². The number of hydrogen-bond acceptors (Lipinski definition) is 3. The van der Waals surface area contributed by atoms with Crippen molar-refractivity contribution < 1.29 is 17.1 Å². The molecule has 6 heteroatoms. The highest BCUT2D eigenvalue weighted by Gasteiger charge is 2.37. The van der Waals surface area contributed by atoms with Gasteiger partial charge in [-0.3, -0.25) is 4.79 Å². The van der Waals surface area contributed by atoms with Gasteiger partial charge in [0.25, 0.3) is 0 Å². The minimum Gasteiger partial charge on any atom is -0.339 e. The van der Waals surface area contributed by atoms with E-state index in [4.69, 9.17) is 0 Å². The van der Waals surface area contributed by atoms with E-state index in [0.717, 1.165) is 19.3 Å². The van der Waals surface area contributed by atoms with Crippen LogP contribution in [0.5, 0.6) is 0 Å². The van der Waals surface area contributed by atoms with Gasteiger partial charge in [-0.1, -0.05) is 24.3 Å². The van der Waals surface area contributed by atoms with Crippen LogP contribution in [0.3, 0.4) is 0 Å². The summed E-state index contributed by atoms with van der Waals surface area (Å²) >= 11 is 0. The number of carbonyl (C=O) groups is 1. The van der Waals surface area contributed by atoms with Crippen LogP contribution in [0.25, 0.3) is 0 Å². The van der Waals surface area contributed by atoms with Crippen molar-refractivity contribution in [1.82, 2.24) is 4.90 Å². The van der Waals surface area contributed by atoms with Crippen LogP contribution in [-0.4, -0.2) is 37.6 Å². The molecule has 1 saturated heterocycles. The van der Waals surface area contributed by atoms with E-state index in [1.54, 1.807) is 4.90 Å². The first-order valence-corrected chi connectivity index (χ1v) is 8.76. The maximum atomic E-state index is 12.8. The molecule has 3 rings (SSSR count). The normalized spacial score (nSPS) is 26.0. The summed E-state index contributed by atoms with van der Waals surface area (Å²) in [6.07, 6.45) is 2.76. The molecule has 0 aromatic heterocycles. The van der Waals surface area contributed by atoms with Crippen LogP contribution in [0.1, 0.15) is 24.0 Å². The van der Waals surface area contributed by atoms with Crippen molar-refractivity contribution >= 4 is 16.1 Å². The number of hydrogen-bond donors (Lipinski definition) is 0. The van der Waals surface area contributed by atoms with Gasteiger partial charge in [-0.25, -0.2) is 0 Å². The lowest BCUT2D eigenvalue weighted by molar-refractivity contribution is -0.129. The van der Waals surface area contributed by atoms with E-state index in [-0.39, 0.29) is 18.4 Å². The molecule has 1 amide bonds. The highest BCUT2D eigenvalue weighted by molar-refractivity contribution is 7.86. The summed E-state index contributed by atoms with van der Waals surface area (Å²) in [5, 5.41) is 0. The zero-order valence-corrected chi connectivity index (χ0v) is 12.5. The largest absolute Gasteiger partial charge is 0.339 e. The Hall–Kier alpha value is -1.43. The summed E-state index contributed by atoms with van der Waals surface area (Å²) in [4.78, 5) is 13.8. The van der Waals surface area contributed by atoms with E-state index in [0.29, 0.717) is 6.54 Å². The van der Waals surface area contributed by atoms with Gasteiger partial charge >= 0.3 is 10.2 Å². The zero-order chi connectivity index (χ0) is 15.0. The van der Waals surface area contributed by atoms with Crippen LogP contribution in [0.15, 0.2) is 24.3 Å². The molecule has 21 heavy (non-hydrogen) atoms. The van der Waals surface area contributed by atoms with Crippen molar-refractivity contribution in [2.75, 3.05) is 12.3 Å². The number of fused-ring (bicyclic) bond motifs is 1. The molecule has 1 heterocycles. The minimum absolute atomic E-state index is 0.0481. The van der Waals surface area contributed by atoms with Crippen LogP contribution < -0.4 is 0 Å². The third-order valence-corrected chi connectivity index (χ3v) is 5.30. The van der Waals surface area contributed by atoms with E-state index in [2.05, 4.69) is 12.1 Å². The van der Waals surface area contributed by atoms with Crippen molar-refractivity contribution in [3.05, 3.63) is 35.4 Å². The smallest absolute Gasteiger partial charge is 0.302 e. The van der Waals surface area contributed by atoms with E-state index in [1.165, 1.54) is 11.1 Å². The number of carbonyl (C=O) groups excluding carboxylic acids is 1.